The number of amides is 1. The second-order valence-corrected chi connectivity index (χ2v) is 4.71. The number of nitrogens with two attached hydrogens (primary N) is 1. The summed E-state index contributed by atoms with van der Waals surface area (Å²) < 4.78 is 1.62. The highest BCUT2D eigenvalue weighted by Crippen LogP contribution is 2.10. The average molecular weight is 256 g/mol. The molecule has 3 N–H and O–H groups in total. The van der Waals surface area contributed by atoms with Gasteiger partial charge < -0.3 is 11.1 Å². The molecule has 6 heteroatoms. The third kappa shape index (κ3) is 3.96. The lowest BCUT2D eigenvalue weighted by Crippen LogP contribution is -2.27. The Hall–Kier alpha value is -1.17. The van der Waals surface area contributed by atoms with Crippen molar-refractivity contribution in [1.29, 1.82) is 0 Å². The first-order valence-electron chi connectivity index (χ1n) is 5.79. The highest BCUT2D eigenvalue weighted by Gasteiger charge is 2.15. The maximum Gasteiger partial charge on any atom is 0.271 e. The van der Waals surface area contributed by atoms with Crippen LogP contribution in [-0.4, -0.2) is 34.2 Å². The third-order valence-corrected chi connectivity index (χ3v) is 3.14. The SMILES string of the molecule is CCn1ncc(N)c1C(=O)NCCCCSC. The number of thioether (sulfide) groups is 1. The Morgan fingerprint density at radius 3 is 3.00 bits per heavy atom. The van der Waals surface area contributed by atoms with Gasteiger partial charge in [0.25, 0.3) is 5.91 Å². The molecule has 0 aliphatic carbocycles. The molecule has 0 fully saturated rings. The van der Waals surface area contributed by atoms with Gasteiger partial charge in [0.1, 0.15) is 5.69 Å². The zero-order valence-corrected chi connectivity index (χ0v) is 11.2. The van der Waals surface area contributed by atoms with Gasteiger partial charge in [0, 0.05) is 13.1 Å². The maximum absolute atomic E-state index is 11.9. The van der Waals surface area contributed by atoms with Gasteiger partial charge >= 0.3 is 0 Å². The molecule has 1 rings (SSSR count). The minimum absolute atomic E-state index is 0.133. The number of hydrogen-bond donors (Lipinski definition) is 2. The van der Waals surface area contributed by atoms with Gasteiger partial charge in [-0.1, -0.05) is 0 Å². The molecule has 17 heavy (non-hydrogen) atoms. The summed E-state index contributed by atoms with van der Waals surface area (Å²) in [5.41, 5.74) is 6.63. The Bertz CT molecular complexity index is 364. The summed E-state index contributed by atoms with van der Waals surface area (Å²) in [7, 11) is 0. The summed E-state index contributed by atoms with van der Waals surface area (Å²) in [5.74, 6) is 0.997. The van der Waals surface area contributed by atoms with E-state index >= 15 is 0 Å². The second-order valence-electron chi connectivity index (χ2n) is 3.72. The molecule has 0 saturated heterocycles. The van der Waals surface area contributed by atoms with E-state index < -0.39 is 0 Å². The lowest BCUT2D eigenvalue weighted by Gasteiger charge is -2.07. The number of unbranched alkanes of at least 4 members (excludes halogenated alkanes) is 1. The predicted octanol–water partition coefficient (Wildman–Crippen LogP) is 1.36. The first kappa shape index (κ1) is 13.9. The van der Waals surface area contributed by atoms with Gasteiger partial charge in [0.2, 0.25) is 0 Å². The number of nitrogen functional groups attached to an aromatic ring is 1. The van der Waals surface area contributed by atoms with Gasteiger partial charge in [-0.2, -0.15) is 16.9 Å². The fourth-order valence-corrected chi connectivity index (χ4v) is 2.04. The van der Waals surface area contributed by atoms with Crippen LogP contribution >= 0.6 is 11.8 Å². The molecule has 96 valence electrons. The summed E-state index contributed by atoms with van der Waals surface area (Å²) in [4.78, 5) is 11.9. The van der Waals surface area contributed by atoms with Gasteiger partial charge in [0.15, 0.2) is 0 Å². The third-order valence-electron chi connectivity index (χ3n) is 2.44. The van der Waals surface area contributed by atoms with Gasteiger partial charge in [-0.15, -0.1) is 0 Å². The molecular formula is C11H20N4OS. The lowest BCUT2D eigenvalue weighted by atomic mass is 10.3. The number of carbonyl (C=O) groups is 1. The van der Waals surface area contributed by atoms with Gasteiger partial charge in [-0.25, -0.2) is 0 Å². The molecule has 1 aromatic heterocycles. The number of rotatable bonds is 7. The van der Waals surface area contributed by atoms with Crippen molar-refractivity contribution in [3.8, 4) is 0 Å². The van der Waals surface area contributed by atoms with Gasteiger partial charge in [0.05, 0.1) is 11.9 Å². The molecule has 0 aliphatic heterocycles. The van der Waals surface area contributed by atoms with E-state index in [2.05, 4.69) is 16.7 Å². The Labute approximate surface area is 106 Å². The number of nitrogens with one attached hydrogen (secondary N) is 1. The fraction of sp³-hybridized carbons (Fsp3) is 0.636. The molecule has 1 heterocycles. The number of nitrogens with zero attached hydrogens (tertiary/aromatic N) is 2. The van der Waals surface area contributed by atoms with E-state index in [0.717, 1.165) is 18.6 Å². The highest BCUT2D eigenvalue weighted by molar-refractivity contribution is 7.98. The summed E-state index contributed by atoms with van der Waals surface area (Å²) in [6.45, 7) is 3.27. The molecule has 0 aromatic carbocycles. The van der Waals surface area contributed by atoms with Crippen LogP contribution < -0.4 is 11.1 Å². The average Bonchev–Trinajstić information content (AvgIpc) is 2.70. The Kier molecular flexibility index (Phi) is 5.90. The van der Waals surface area contributed by atoms with Crippen molar-refractivity contribution in [3.63, 3.8) is 0 Å². The van der Waals surface area contributed by atoms with Crippen LogP contribution in [0.3, 0.4) is 0 Å². The fourth-order valence-electron chi connectivity index (χ4n) is 1.54. The molecular weight excluding hydrogens is 236 g/mol. The van der Waals surface area contributed by atoms with Crippen molar-refractivity contribution in [2.75, 3.05) is 24.3 Å². The number of hydrogen-bond acceptors (Lipinski definition) is 4. The molecule has 1 aromatic rings. The van der Waals surface area contributed by atoms with Crippen molar-refractivity contribution in [3.05, 3.63) is 11.9 Å². The van der Waals surface area contributed by atoms with Gasteiger partial charge in [-0.3, -0.25) is 9.48 Å². The Balaban J connectivity index is 2.44. The lowest BCUT2D eigenvalue weighted by molar-refractivity contribution is 0.0943. The quantitative estimate of drug-likeness (QED) is 0.722. The molecule has 0 spiro atoms. The number of aryl methyl sites for hydroxylation is 1. The van der Waals surface area contributed by atoms with Gasteiger partial charge in [-0.05, 0) is 31.8 Å². The minimum atomic E-state index is -0.133. The number of carbonyl (C=O) groups excluding carboxylic acids is 1. The van der Waals surface area contributed by atoms with Crippen LogP contribution in [0.2, 0.25) is 0 Å². The molecule has 0 aliphatic rings. The van der Waals surface area contributed by atoms with E-state index in [4.69, 9.17) is 5.73 Å². The summed E-state index contributed by atoms with van der Waals surface area (Å²) in [6.07, 6.45) is 5.71. The topological polar surface area (TPSA) is 72.9 Å². The zero-order valence-electron chi connectivity index (χ0n) is 10.4. The predicted molar refractivity (Wildman–Crippen MR) is 72.3 cm³/mol. The molecule has 0 saturated carbocycles. The Morgan fingerprint density at radius 2 is 2.35 bits per heavy atom. The number of anilines is 1. The maximum atomic E-state index is 11.9. The highest BCUT2D eigenvalue weighted by atomic mass is 32.2. The standard InChI is InChI=1S/C11H20N4OS/c1-3-15-10(9(12)8-14-15)11(16)13-6-4-5-7-17-2/h8H,3-7,12H2,1-2H3,(H,13,16). The molecule has 1 amide bonds. The van der Waals surface area contributed by atoms with Crippen LogP contribution in [0.4, 0.5) is 5.69 Å². The second kappa shape index (κ2) is 7.21. The van der Waals surface area contributed by atoms with Crippen molar-refractivity contribution >= 4 is 23.4 Å². The van der Waals surface area contributed by atoms with Crippen molar-refractivity contribution in [2.45, 2.75) is 26.3 Å². The summed E-state index contributed by atoms with van der Waals surface area (Å²) in [6, 6.07) is 0. The molecule has 0 radical (unpaired) electrons. The zero-order chi connectivity index (χ0) is 12.7. The monoisotopic (exact) mass is 256 g/mol. The van der Waals surface area contributed by atoms with Crippen molar-refractivity contribution in [1.82, 2.24) is 15.1 Å². The first-order chi connectivity index (χ1) is 8.20. The number of aromatic nitrogens is 2. The van der Waals surface area contributed by atoms with Crippen LogP contribution in [-0.2, 0) is 6.54 Å². The van der Waals surface area contributed by atoms with E-state index in [0.29, 0.717) is 24.5 Å². The summed E-state index contributed by atoms with van der Waals surface area (Å²) >= 11 is 1.82. The van der Waals surface area contributed by atoms with Crippen LogP contribution in [0.25, 0.3) is 0 Å². The molecule has 0 unspecified atom stereocenters. The normalized spacial score (nSPS) is 10.5. The van der Waals surface area contributed by atoms with Crippen LogP contribution in [0.1, 0.15) is 30.3 Å². The molecule has 0 bridgehead atoms. The molecule has 5 nitrogen and oxygen atoms in total. The van der Waals surface area contributed by atoms with E-state index in [1.807, 2.05) is 18.7 Å². The van der Waals surface area contributed by atoms with Crippen LogP contribution in [0.5, 0.6) is 0 Å². The van der Waals surface area contributed by atoms with E-state index in [-0.39, 0.29) is 5.91 Å². The Morgan fingerprint density at radius 1 is 1.59 bits per heavy atom. The van der Waals surface area contributed by atoms with Crippen LogP contribution in [0, 0.1) is 0 Å². The van der Waals surface area contributed by atoms with E-state index in [9.17, 15) is 4.79 Å². The minimum Gasteiger partial charge on any atom is -0.396 e. The smallest absolute Gasteiger partial charge is 0.271 e. The summed E-state index contributed by atoms with van der Waals surface area (Å²) in [5, 5.41) is 6.91. The first-order valence-corrected chi connectivity index (χ1v) is 7.18. The van der Waals surface area contributed by atoms with Crippen molar-refractivity contribution < 1.29 is 4.79 Å². The largest absolute Gasteiger partial charge is 0.396 e. The van der Waals surface area contributed by atoms with E-state index in [1.165, 1.54) is 6.20 Å². The molecule has 0 atom stereocenters. The van der Waals surface area contributed by atoms with Crippen molar-refractivity contribution in [2.24, 2.45) is 0 Å². The van der Waals surface area contributed by atoms with Crippen LogP contribution in [0.15, 0.2) is 6.20 Å². The van der Waals surface area contributed by atoms with E-state index in [1.54, 1.807) is 4.68 Å².